The molecular weight excluding hydrogens is 285 g/mol. The molecule has 5 heteroatoms. The van der Waals surface area contributed by atoms with E-state index in [2.05, 4.69) is 14.9 Å². The number of halogens is 1. The smallest absolute Gasteiger partial charge is 0.168 e. The highest BCUT2D eigenvalue weighted by Crippen LogP contribution is 2.46. The van der Waals surface area contributed by atoms with Crippen molar-refractivity contribution >= 4 is 27.5 Å². The molecule has 0 bridgehead atoms. The fraction of sp³-hybridized carbons (Fsp3) is 0.125. The maximum absolute atomic E-state index is 13.2. The molecular formula is C16H12FN3S. The first-order chi connectivity index (χ1) is 10.3. The van der Waals surface area contributed by atoms with Gasteiger partial charge in [-0.1, -0.05) is 0 Å². The number of nitrogens with zero attached hydrogens (tertiary/aromatic N) is 3. The number of aromatic nitrogens is 1. The van der Waals surface area contributed by atoms with Gasteiger partial charge in [0, 0.05) is 23.8 Å². The van der Waals surface area contributed by atoms with E-state index >= 15 is 0 Å². The Morgan fingerprint density at radius 1 is 1.00 bits per heavy atom. The normalized spacial score (nSPS) is 17.2. The highest BCUT2D eigenvalue weighted by atomic mass is 32.2. The van der Waals surface area contributed by atoms with Crippen molar-refractivity contribution in [1.29, 1.82) is 0 Å². The second-order valence-corrected chi connectivity index (χ2v) is 5.82. The number of pyridine rings is 1. The lowest BCUT2D eigenvalue weighted by Crippen LogP contribution is -2.19. The highest BCUT2D eigenvalue weighted by molar-refractivity contribution is 8.22. The van der Waals surface area contributed by atoms with Gasteiger partial charge in [0.15, 0.2) is 5.17 Å². The summed E-state index contributed by atoms with van der Waals surface area (Å²) in [7, 11) is 0. The van der Waals surface area contributed by atoms with E-state index in [0.29, 0.717) is 0 Å². The fourth-order valence-corrected chi connectivity index (χ4v) is 3.79. The van der Waals surface area contributed by atoms with Crippen molar-refractivity contribution < 1.29 is 4.39 Å². The molecule has 0 unspecified atom stereocenters. The lowest BCUT2D eigenvalue weighted by molar-refractivity contribution is 0.626. The monoisotopic (exact) mass is 297 g/mol. The first kappa shape index (κ1) is 12.6. The maximum Gasteiger partial charge on any atom is 0.168 e. The standard InChI is InChI=1S/C16H12FN3S/c17-13-3-1-11(2-4-13)14-15(12-5-7-18-8-6-12)21-16-19-9-10-20(14)16/h1-8H,9-10H2. The zero-order valence-corrected chi connectivity index (χ0v) is 12.0. The summed E-state index contributed by atoms with van der Waals surface area (Å²) in [4.78, 5) is 12.0. The Labute approximate surface area is 126 Å². The van der Waals surface area contributed by atoms with Gasteiger partial charge in [0.1, 0.15) is 5.82 Å². The van der Waals surface area contributed by atoms with Crippen molar-refractivity contribution in [2.45, 2.75) is 0 Å². The van der Waals surface area contributed by atoms with Crippen LogP contribution in [0.1, 0.15) is 11.1 Å². The van der Waals surface area contributed by atoms with Crippen molar-refractivity contribution in [3.8, 4) is 0 Å². The number of fused-ring (bicyclic) bond motifs is 1. The summed E-state index contributed by atoms with van der Waals surface area (Å²) in [6.07, 6.45) is 3.58. The molecule has 0 atom stereocenters. The van der Waals surface area contributed by atoms with E-state index in [1.165, 1.54) is 12.1 Å². The number of thioether (sulfide) groups is 1. The molecule has 1 aromatic heterocycles. The number of hydrogen-bond acceptors (Lipinski definition) is 4. The van der Waals surface area contributed by atoms with Gasteiger partial charge in [-0.15, -0.1) is 0 Å². The van der Waals surface area contributed by atoms with Crippen LogP contribution in [0.4, 0.5) is 4.39 Å². The largest absolute Gasteiger partial charge is 0.317 e. The summed E-state index contributed by atoms with van der Waals surface area (Å²) < 4.78 is 13.2. The summed E-state index contributed by atoms with van der Waals surface area (Å²) in [5.41, 5.74) is 3.25. The second-order valence-electron chi connectivity index (χ2n) is 4.84. The van der Waals surface area contributed by atoms with Crippen LogP contribution in [-0.2, 0) is 0 Å². The van der Waals surface area contributed by atoms with Crippen molar-refractivity contribution in [2.24, 2.45) is 4.99 Å². The van der Waals surface area contributed by atoms with Gasteiger partial charge in [0.05, 0.1) is 12.2 Å². The SMILES string of the molecule is Fc1ccc(C2=C(c3ccncc3)SC3=NCCN32)cc1. The Morgan fingerprint density at radius 2 is 1.76 bits per heavy atom. The minimum absolute atomic E-state index is 0.217. The molecule has 0 aliphatic carbocycles. The Kier molecular flexibility index (Phi) is 3.00. The number of benzene rings is 1. The third-order valence-electron chi connectivity index (χ3n) is 3.54. The van der Waals surface area contributed by atoms with E-state index < -0.39 is 0 Å². The molecule has 0 spiro atoms. The van der Waals surface area contributed by atoms with Gasteiger partial charge in [-0.25, -0.2) is 4.39 Å². The molecule has 0 radical (unpaired) electrons. The first-order valence-corrected chi connectivity index (χ1v) is 7.55. The van der Waals surface area contributed by atoms with Crippen molar-refractivity contribution in [3.63, 3.8) is 0 Å². The van der Waals surface area contributed by atoms with Crippen LogP contribution in [0.25, 0.3) is 10.6 Å². The van der Waals surface area contributed by atoms with E-state index in [9.17, 15) is 4.39 Å². The molecule has 0 saturated carbocycles. The summed E-state index contributed by atoms with van der Waals surface area (Å²) >= 11 is 1.68. The van der Waals surface area contributed by atoms with Gasteiger partial charge < -0.3 is 4.90 Å². The van der Waals surface area contributed by atoms with Gasteiger partial charge in [-0.3, -0.25) is 9.98 Å². The lowest BCUT2D eigenvalue weighted by Gasteiger charge is -2.17. The predicted octanol–water partition coefficient (Wildman–Crippen LogP) is 3.46. The van der Waals surface area contributed by atoms with E-state index in [4.69, 9.17) is 0 Å². The van der Waals surface area contributed by atoms with Crippen LogP contribution in [-0.4, -0.2) is 28.1 Å². The highest BCUT2D eigenvalue weighted by Gasteiger charge is 2.33. The van der Waals surface area contributed by atoms with Crippen LogP contribution in [0, 0.1) is 5.82 Å². The average molecular weight is 297 g/mol. The lowest BCUT2D eigenvalue weighted by atomic mass is 10.1. The Hall–Kier alpha value is -2.14. The number of amidine groups is 1. The quantitative estimate of drug-likeness (QED) is 0.850. The number of hydrogen-bond donors (Lipinski definition) is 0. The van der Waals surface area contributed by atoms with Crippen molar-refractivity contribution in [2.75, 3.05) is 13.1 Å². The van der Waals surface area contributed by atoms with Gasteiger partial charge >= 0.3 is 0 Å². The molecule has 3 heterocycles. The molecule has 21 heavy (non-hydrogen) atoms. The predicted molar refractivity (Wildman–Crippen MR) is 84.1 cm³/mol. The molecule has 104 valence electrons. The minimum Gasteiger partial charge on any atom is -0.317 e. The number of rotatable bonds is 2. The summed E-state index contributed by atoms with van der Waals surface area (Å²) in [5, 5.41) is 1.03. The number of aliphatic imine (C=N–C) groups is 1. The van der Waals surface area contributed by atoms with E-state index in [0.717, 1.165) is 40.0 Å². The first-order valence-electron chi connectivity index (χ1n) is 6.73. The van der Waals surface area contributed by atoms with Crippen LogP contribution in [0.5, 0.6) is 0 Å². The molecule has 1 aromatic carbocycles. The zero-order valence-electron chi connectivity index (χ0n) is 11.2. The van der Waals surface area contributed by atoms with Crippen molar-refractivity contribution in [3.05, 3.63) is 65.7 Å². The molecule has 0 N–H and O–H groups in total. The minimum atomic E-state index is -0.217. The third-order valence-corrected chi connectivity index (χ3v) is 4.71. The molecule has 2 aliphatic heterocycles. The summed E-state index contributed by atoms with van der Waals surface area (Å²) in [5.74, 6) is -0.217. The van der Waals surface area contributed by atoms with Crippen LogP contribution in [0.3, 0.4) is 0 Å². The fourth-order valence-electron chi connectivity index (χ4n) is 2.58. The van der Waals surface area contributed by atoms with Crippen LogP contribution in [0.2, 0.25) is 0 Å². The molecule has 0 amide bonds. The Bertz CT molecular complexity index is 738. The van der Waals surface area contributed by atoms with Crippen LogP contribution < -0.4 is 0 Å². The van der Waals surface area contributed by atoms with E-state index in [-0.39, 0.29) is 5.82 Å². The van der Waals surface area contributed by atoms with E-state index in [1.807, 2.05) is 24.3 Å². The third kappa shape index (κ3) is 2.14. The van der Waals surface area contributed by atoms with Gasteiger partial charge in [0.25, 0.3) is 0 Å². The molecule has 2 aliphatic rings. The topological polar surface area (TPSA) is 28.5 Å². The maximum atomic E-state index is 13.2. The Morgan fingerprint density at radius 3 is 2.52 bits per heavy atom. The summed E-state index contributed by atoms with van der Waals surface area (Å²) in [6, 6.07) is 10.6. The van der Waals surface area contributed by atoms with Crippen molar-refractivity contribution in [1.82, 2.24) is 9.88 Å². The van der Waals surface area contributed by atoms with Gasteiger partial charge in [-0.05, 0) is 59.3 Å². The molecule has 4 rings (SSSR count). The molecule has 3 nitrogen and oxygen atoms in total. The zero-order chi connectivity index (χ0) is 14.2. The van der Waals surface area contributed by atoms with E-state index in [1.54, 1.807) is 24.2 Å². The average Bonchev–Trinajstić information content (AvgIpc) is 3.10. The van der Waals surface area contributed by atoms with Gasteiger partial charge in [-0.2, -0.15) is 0 Å². The molecule has 2 aromatic rings. The van der Waals surface area contributed by atoms with Crippen LogP contribution in [0.15, 0.2) is 53.8 Å². The second kappa shape index (κ2) is 5.00. The van der Waals surface area contributed by atoms with Gasteiger partial charge in [0.2, 0.25) is 0 Å². The summed E-state index contributed by atoms with van der Waals surface area (Å²) in [6.45, 7) is 1.69. The Balaban J connectivity index is 1.88. The molecule has 0 fully saturated rings. The van der Waals surface area contributed by atoms with Crippen LogP contribution >= 0.6 is 11.8 Å². The molecule has 0 saturated heterocycles.